The van der Waals surface area contributed by atoms with Crippen LogP contribution >= 0.6 is 0 Å². The molecule has 0 saturated heterocycles. The minimum absolute atomic E-state index is 0.00317. The number of nitro groups is 1. The lowest BCUT2D eigenvalue weighted by molar-refractivity contribution is -0.383. The second-order valence-electron chi connectivity index (χ2n) is 5.41. The average molecular weight is 287 g/mol. The van der Waals surface area contributed by atoms with E-state index in [0.29, 0.717) is 5.39 Å². The normalized spacial score (nSPS) is 22.1. The van der Waals surface area contributed by atoms with Gasteiger partial charge in [0.1, 0.15) is 0 Å². The van der Waals surface area contributed by atoms with Gasteiger partial charge in [0.05, 0.1) is 22.5 Å². The number of nitrogens with zero attached hydrogens (tertiary/aromatic N) is 2. The Kier molecular flexibility index (Phi) is 3.70. The molecule has 0 spiro atoms. The molecule has 0 radical (unpaired) electrons. The number of aromatic nitrogens is 1. The second-order valence-corrected chi connectivity index (χ2v) is 5.41. The number of nitro benzene ring substituents is 1. The molecule has 0 unspecified atom stereocenters. The van der Waals surface area contributed by atoms with Crippen molar-refractivity contribution in [2.75, 3.05) is 5.32 Å². The zero-order valence-corrected chi connectivity index (χ0v) is 11.5. The fourth-order valence-corrected chi connectivity index (χ4v) is 2.94. The second kappa shape index (κ2) is 5.65. The highest BCUT2D eigenvalue weighted by Crippen LogP contribution is 2.32. The standard InChI is InChI=1S/C15H17N3O3/c19-15-4-2-1-3-13(15)17-12-5-6-14(18(20)21)11-9-16-8-7-10(11)12/h5-9,13,15,17,19H,1-4H2/t13-,15-/m0/s1. The zero-order valence-electron chi connectivity index (χ0n) is 11.5. The fourth-order valence-electron chi connectivity index (χ4n) is 2.94. The first-order valence-electron chi connectivity index (χ1n) is 7.12. The van der Waals surface area contributed by atoms with Crippen LogP contribution in [-0.2, 0) is 0 Å². The van der Waals surface area contributed by atoms with Crippen LogP contribution in [0.15, 0.2) is 30.6 Å². The molecule has 0 bridgehead atoms. The van der Waals surface area contributed by atoms with E-state index in [9.17, 15) is 15.2 Å². The van der Waals surface area contributed by atoms with Crippen molar-refractivity contribution in [3.63, 3.8) is 0 Å². The Balaban J connectivity index is 1.99. The van der Waals surface area contributed by atoms with Crippen LogP contribution in [0.1, 0.15) is 25.7 Å². The number of rotatable bonds is 3. The SMILES string of the molecule is O=[N+]([O-])c1ccc(N[C@H]2CCCC[C@@H]2O)c2ccncc12. The summed E-state index contributed by atoms with van der Waals surface area (Å²) in [5, 5.41) is 25.8. The van der Waals surface area contributed by atoms with E-state index in [1.54, 1.807) is 18.3 Å². The van der Waals surface area contributed by atoms with Gasteiger partial charge in [0, 0.05) is 29.5 Å². The average Bonchev–Trinajstić information content (AvgIpc) is 2.49. The van der Waals surface area contributed by atoms with Gasteiger partial charge in [0.15, 0.2) is 0 Å². The first kappa shape index (κ1) is 13.8. The van der Waals surface area contributed by atoms with Crippen LogP contribution in [0.4, 0.5) is 11.4 Å². The first-order valence-corrected chi connectivity index (χ1v) is 7.12. The van der Waals surface area contributed by atoms with E-state index in [1.165, 1.54) is 12.3 Å². The van der Waals surface area contributed by atoms with E-state index in [2.05, 4.69) is 10.3 Å². The predicted molar refractivity (Wildman–Crippen MR) is 80.3 cm³/mol. The number of aliphatic hydroxyl groups is 1. The zero-order chi connectivity index (χ0) is 14.8. The molecule has 1 aliphatic rings. The molecule has 3 rings (SSSR count). The molecule has 2 atom stereocenters. The number of benzene rings is 1. The van der Waals surface area contributed by atoms with Gasteiger partial charge >= 0.3 is 0 Å². The number of pyridine rings is 1. The summed E-state index contributed by atoms with van der Waals surface area (Å²) in [7, 11) is 0. The van der Waals surface area contributed by atoms with Crippen molar-refractivity contribution in [3.8, 4) is 0 Å². The minimum Gasteiger partial charge on any atom is -0.391 e. The molecule has 0 aliphatic heterocycles. The smallest absolute Gasteiger partial charge is 0.278 e. The van der Waals surface area contributed by atoms with Crippen LogP contribution in [0.3, 0.4) is 0 Å². The van der Waals surface area contributed by atoms with Crippen molar-refractivity contribution >= 4 is 22.1 Å². The quantitative estimate of drug-likeness (QED) is 0.669. The lowest BCUT2D eigenvalue weighted by Gasteiger charge is -2.29. The summed E-state index contributed by atoms with van der Waals surface area (Å²) in [6, 6.07) is 4.96. The molecule has 1 aromatic heterocycles. The molecule has 110 valence electrons. The van der Waals surface area contributed by atoms with Crippen molar-refractivity contribution in [2.24, 2.45) is 0 Å². The van der Waals surface area contributed by atoms with Crippen molar-refractivity contribution < 1.29 is 10.0 Å². The van der Waals surface area contributed by atoms with Crippen LogP contribution < -0.4 is 5.32 Å². The molecule has 1 fully saturated rings. The third-order valence-electron chi connectivity index (χ3n) is 4.06. The molecular formula is C15H17N3O3. The highest BCUT2D eigenvalue weighted by Gasteiger charge is 2.24. The molecule has 6 heteroatoms. The van der Waals surface area contributed by atoms with Crippen molar-refractivity contribution in [2.45, 2.75) is 37.8 Å². The van der Waals surface area contributed by atoms with Gasteiger partial charge in [-0.3, -0.25) is 15.1 Å². The molecular weight excluding hydrogens is 270 g/mol. The molecule has 2 N–H and O–H groups in total. The van der Waals surface area contributed by atoms with Gasteiger partial charge in [-0.2, -0.15) is 0 Å². The van der Waals surface area contributed by atoms with Gasteiger partial charge in [-0.05, 0) is 25.0 Å². The van der Waals surface area contributed by atoms with Crippen LogP contribution in [0.5, 0.6) is 0 Å². The van der Waals surface area contributed by atoms with Gasteiger partial charge in [0.25, 0.3) is 5.69 Å². The fraction of sp³-hybridized carbons (Fsp3) is 0.400. The van der Waals surface area contributed by atoms with Crippen molar-refractivity contribution in [1.29, 1.82) is 0 Å². The van der Waals surface area contributed by atoms with Crippen molar-refractivity contribution in [3.05, 3.63) is 40.7 Å². The maximum atomic E-state index is 11.1. The number of hydrogen-bond acceptors (Lipinski definition) is 5. The van der Waals surface area contributed by atoms with Crippen LogP contribution in [0.25, 0.3) is 10.8 Å². The summed E-state index contributed by atoms with van der Waals surface area (Å²) in [5.74, 6) is 0. The lowest BCUT2D eigenvalue weighted by Crippen LogP contribution is -2.36. The monoisotopic (exact) mass is 287 g/mol. The van der Waals surface area contributed by atoms with Crippen LogP contribution in [0, 0.1) is 10.1 Å². The maximum absolute atomic E-state index is 11.1. The number of hydrogen-bond donors (Lipinski definition) is 2. The molecule has 0 amide bonds. The Morgan fingerprint density at radius 2 is 2.05 bits per heavy atom. The van der Waals surface area contributed by atoms with Crippen LogP contribution in [0.2, 0.25) is 0 Å². The van der Waals surface area contributed by atoms with E-state index in [4.69, 9.17) is 0 Å². The molecule has 1 aromatic carbocycles. The predicted octanol–water partition coefficient (Wildman–Crippen LogP) is 2.86. The largest absolute Gasteiger partial charge is 0.391 e. The first-order chi connectivity index (χ1) is 10.2. The topological polar surface area (TPSA) is 88.3 Å². The third-order valence-corrected chi connectivity index (χ3v) is 4.06. The summed E-state index contributed by atoms with van der Waals surface area (Å²) in [5.41, 5.74) is 0.858. The number of fused-ring (bicyclic) bond motifs is 1. The number of aliphatic hydroxyl groups excluding tert-OH is 1. The molecule has 6 nitrogen and oxygen atoms in total. The Morgan fingerprint density at radius 3 is 2.81 bits per heavy atom. The lowest BCUT2D eigenvalue weighted by atomic mass is 9.92. The van der Waals surface area contributed by atoms with Gasteiger partial charge in [0.2, 0.25) is 0 Å². The summed E-state index contributed by atoms with van der Waals surface area (Å²) in [6.45, 7) is 0. The third kappa shape index (κ3) is 2.67. The minimum atomic E-state index is -0.400. The number of anilines is 1. The molecule has 2 aromatic rings. The van der Waals surface area contributed by atoms with Crippen LogP contribution in [-0.4, -0.2) is 27.2 Å². The highest BCUT2D eigenvalue weighted by atomic mass is 16.6. The van der Waals surface area contributed by atoms with E-state index in [-0.39, 0.29) is 17.8 Å². The highest BCUT2D eigenvalue weighted by molar-refractivity contribution is 5.99. The van der Waals surface area contributed by atoms with E-state index in [0.717, 1.165) is 36.8 Å². The van der Waals surface area contributed by atoms with E-state index < -0.39 is 4.92 Å². The number of non-ortho nitro benzene ring substituents is 1. The van der Waals surface area contributed by atoms with Gasteiger partial charge in [-0.1, -0.05) is 12.8 Å². The summed E-state index contributed by atoms with van der Waals surface area (Å²) >= 11 is 0. The maximum Gasteiger partial charge on any atom is 0.278 e. The Bertz CT molecular complexity index is 674. The van der Waals surface area contributed by atoms with E-state index in [1.807, 2.05) is 0 Å². The van der Waals surface area contributed by atoms with Gasteiger partial charge < -0.3 is 10.4 Å². The van der Waals surface area contributed by atoms with Gasteiger partial charge in [-0.25, -0.2) is 0 Å². The van der Waals surface area contributed by atoms with E-state index >= 15 is 0 Å². The Morgan fingerprint density at radius 1 is 1.24 bits per heavy atom. The summed E-state index contributed by atoms with van der Waals surface area (Å²) in [4.78, 5) is 14.7. The molecule has 1 aliphatic carbocycles. The molecule has 1 heterocycles. The molecule has 1 saturated carbocycles. The summed E-state index contributed by atoms with van der Waals surface area (Å²) < 4.78 is 0. The Labute approximate surface area is 122 Å². The summed E-state index contributed by atoms with van der Waals surface area (Å²) in [6.07, 6.45) is 6.59. The molecule has 21 heavy (non-hydrogen) atoms. The van der Waals surface area contributed by atoms with Gasteiger partial charge in [-0.15, -0.1) is 0 Å². The Hall–Kier alpha value is -2.21. The van der Waals surface area contributed by atoms with Crippen molar-refractivity contribution in [1.82, 2.24) is 4.98 Å². The number of nitrogens with one attached hydrogen (secondary N) is 1.